The lowest BCUT2D eigenvalue weighted by molar-refractivity contribution is 1.65. The van der Waals surface area contributed by atoms with Gasteiger partial charge in [0.05, 0.1) is 20.6 Å². The SMILES string of the molecule is [2H]c1c([2H])c([2H])c(-c2c3ccccc3c(-c3c([2H])c([2H])c([2H])c4c(-c5ccc6c([2H])c([2H])c([2H])c([2H])c6c5)c([2H])c([2H])c([2H])c34)c3ccccc23)c([2H])c1[2H]. The lowest BCUT2D eigenvalue weighted by Crippen LogP contribution is -1.92. The summed E-state index contributed by atoms with van der Waals surface area (Å²) in [6.45, 7) is 0. The average molecular weight is 522 g/mol. The predicted molar refractivity (Wildman–Crippen MR) is 173 cm³/mol. The van der Waals surface area contributed by atoms with Crippen molar-refractivity contribution in [3.8, 4) is 33.4 Å². The van der Waals surface area contributed by atoms with Crippen molar-refractivity contribution in [1.82, 2.24) is 0 Å². The second-order valence-electron chi connectivity index (χ2n) is 9.35. The van der Waals surface area contributed by atoms with Crippen LogP contribution in [0.3, 0.4) is 0 Å². The van der Waals surface area contributed by atoms with Crippen LogP contribution in [0.5, 0.6) is 0 Å². The van der Waals surface area contributed by atoms with Crippen LogP contribution in [0.15, 0.2) is 157 Å². The standard InChI is InChI=1S/C40H26/c1-2-13-28(14-3-1)39-35-16-6-8-18-37(35)40(38-19-9-7-17-36(38)39)34-23-11-21-32-31(20-10-22-33(32)34)30-25-24-27-12-4-5-15-29(27)26-30/h1-26H/i1D,2D,3D,4D,5D,10D,11D,12D,13D,14D,15D,20D,21D,22D,23D. The molecule has 0 saturated carbocycles. The van der Waals surface area contributed by atoms with E-state index in [1.807, 2.05) is 0 Å². The van der Waals surface area contributed by atoms with E-state index in [0.29, 0.717) is 32.7 Å². The van der Waals surface area contributed by atoms with Crippen LogP contribution in [-0.2, 0) is 0 Å². The van der Waals surface area contributed by atoms with Crippen molar-refractivity contribution in [1.29, 1.82) is 0 Å². The fourth-order valence-electron chi connectivity index (χ4n) is 5.49. The quantitative estimate of drug-likeness (QED) is 0.203. The van der Waals surface area contributed by atoms with Crippen LogP contribution in [0.2, 0.25) is 0 Å². The first-order chi connectivity index (χ1) is 26.1. The van der Waals surface area contributed by atoms with Crippen LogP contribution in [0, 0.1) is 0 Å². The Hall–Kier alpha value is -5.20. The lowest BCUT2D eigenvalue weighted by Gasteiger charge is -2.19. The topological polar surface area (TPSA) is 0 Å². The molecule has 0 radical (unpaired) electrons. The normalized spacial score (nSPS) is 16.8. The first-order valence-corrected chi connectivity index (χ1v) is 12.6. The van der Waals surface area contributed by atoms with Gasteiger partial charge in [-0.15, -0.1) is 0 Å². The van der Waals surface area contributed by atoms with Crippen molar-refractivity contribution in [2.45, 2.75) is 0 Å². The van der Waals surface area contributed by atoms with Crippen LogP contribution in [0.25, 0.3) is 76.5 Å². The van der Waals surface area contributed by atoms with Crippen molar-refractivity contribution < 1.29 is 20.6 Å². The summed E-state index contributed by atoms with van der Waals surface area (Å²) < 4.78 is 131. The highest BCUT2D eigenvalue weighted by Gasteiger charge is 2.18. The van der Waals surface area contributed by atoms with Gasteiger partial charge in [0.25, 0.3) is 0 Å². The Morgan fingerprint density at radius 2 is 0.900 bits per heavy atom. The molecule has 8 aromatic carbocycles. The molecule has 8 rings (SSSR count). The van der Waals surface area contributed by atoms with Crippen molar-refractivity contribution in [2.24, 2.45) is 0 Å². The molecule has 0 N–H and O–H groups in total. The van der Waals surface area contributed by atoms with Gasteiger partial charge < -0.3 is 0 Å². The van der Waals surface area contributed by atoms with E-state index in [0.717, 1.165) is 0 Å². The first-order valence-electron chi connectivity index (χ1n) is 20.1. The summed E-state index contributed by atoms with van der Waals surface area (Å²) in [5.74, 6) is 0. The third kappa shape index (κ3) is 3.54. The van der Waals surface area contributed by atoms with Gasteiger partial charge in [0, 0.05) is 0 Å². The smallest absolute Gasteiger partial charge is 0.0622 e. The van der Waals surface area contributed by atoms with Crippen molar-refractivity contribution in [3.05, 3.63) is 157 Å². The zero-order valence-corrected chi connectivity index (χ0v) is 20.9. The molecule has 40 heavy (non-hydrogen) atoms. The molecule has 0 aliphatic rings. The molecule has 0 bridgehead atoms. The van der Waals surface area contributed by atoms with Crippen molar-refractivity contribution in [3.63, 3.8) is 0 Å². The third-order valence-electron chi connectivity index (χ3n) is 7.20. The van der Waals surface area contributed by atoms with Gasteiger partial charge in [0.1, 0.15) is 0 Å². The lowest BCUT2D eigenvalue weighted by atomic mass is 9.84. The zero-order valence-electron chi connectivity index (χ0n) is 35.9. The minimum atomic E-state index is -0.543. The highest BCUT2D eigenvalue weighted by Crippen LogP contribution is 2.46. The minimum Gasteiger partial charge on any atom is -0.0622 e. The Balaban J connectivity index is 1.58. The Labute approximate surface area is 254 Å². The first kappa shape index (κ1) is 12.3. The van der Waals surface area contributed by atoms with Gasteiger partial charge in [-0.2, -0.15) is 0 Å². The number of hydrogen-bond donors (Lipinski definition) is 0. The molecule has 0 heteroatoms. The molecule has 0 aromatic heterocycles. The van der Waals surface area contributed by atoms with Crippen molar-refractivity contribution in [2.75, 3.05) is 0 Å². The fourth-order valence-corrected chi connectivity index (χ4v) is 5.49. The summed E-state index contributed by atoms with van der Waals surface area (Å²) in [7, 11) is 0. The van der Waals surface area contributed by atoms with Crippen LogP contribution in [0.1, 0.15) is 20.6 Å². The molecular formula is C40H26. The number of hydrogen-bond acceptors (Lipinski definition) is 0. The molecule has 0 unspecified atom stereocenters. The highest BCUT2D eigenvalue weighted by molar-refractivity contribution is 6.24. The molecule has 0 saturated heterocycles. The second kappa shape index (κ2) is 9.22. The van der Waals surface area contributed by atoms with Gasteiger partial charge in [0.15, 0.2) is 0 Å². The van der Waals surface area contributed by atoms with Crippen molar-refractivity contribution >= 4 is 43.1 Å². The zero-order chi connectivity index (χ0) is 39.5. The van der Waals surface area contributed by atoms with E-state index in [-0.39, 0.29) is 55.9 Å². The van der Waals surface area contributed by atoms with E-state index in [2.05, 4.69) is 0 Å². The van der Waals surface area contributed by atoms with Gasteiger partial charge in [-0.25, -0.2) is 0 Å². The van der Waals surface area contributed by atoms with Crippen LogP contribution in [-0.4, -0.2) is 0 Å². The minimum absolute atomic E-state index is 0.0191. The maximum Gasteiger partial charge on any atom is 0.0629 e. The van der Waals surface area contributed by atoms with Crippen LogP contribution in [0.4, 0.5) is 0 Å². The molecule has 0 atom stereocenters. The van der Waals surface area contributed by atoms with E-state index in [1.165, 1.54) is 18.2 Å². The van der Waals surface area contributed by atoms with Gasteiger partial charge in [-0.3, -0.25) is 0 Å². The van der Waals surface area contributed by atoms with E-state index in [4.69, 9.17) is 16.4 Å². The number of rotatable bonds is 3. The molecule has 0 nitrogen and oxygen atoms in total. The van der Waals surface area contributed by atoms with Crippen LogP contribution >= 0.6 is 0 Å². The van der Waals surface area contributed by atoms with E-state index in [9.17, 15) is 4.11 Å². The molecular weight excluding hydrogens is 480 g/mol. The summed E-state index contributed by atoms with van der Waals surface area (Å²) >= 11 is 0. The summed E-state index contributed by atoms with van der Waals surface area (Å²) in [4.78, 5) is 0. The molecule has 0 fully saturated rings. The number of benzene rings is 8. The van der Waals surface area contributed by atoms with Crippen LogP contribution < -0.4 is 0 Å². The average Bonchev–Trinajstić information content (AvgIpc) is 3.19. The summed E-state index contributed by atoms with van der Waals surface area (Å²) in [6, 6.07) is 11.5. The monoisotopic (exact) mass is 521 g/mol. The van der Waals surface area contributed by atoms with Gasteiger partial charge >= 0.3 is 0 Å². The van der Waals surface area contributed by atoms with E-state index < -0.39 is 78.6 Å². The number of fused-ring (bicyclic) bond motifs is 4. The largest absolute Gasteiger partial charge is 0.0629 e. The predicted octanol–water partition coefficient (Wildman–Crippen LogP) is 11.3. The van der Waals surface area contributed by atoms with E-state index >= 15 is 0 Å². The molecule has 186 valence electrons. The summed E-state index contributed by atoms with van der Waals surface area (Å²) in [5, 5.41) is 2.01. The Kier molecular flexibility index (Phi) is 2.84. The highest BCUT2D eigenvalue weighted by atomic mass is 14.2. The molecule has 0 amide bonds. The molecule has 8 aromatic rings. The second-order valence-corrected chi connectivity index (χ2v) is 9.35. The Bertz CT molecular complexity index is 2960. The molecule has 0 aliphatic carbocycles. The third-order valence-corrected chi connectivity index (χ3v) is 7.20. The maximum absolute atomic E-state index is 9.36. The molecule has 0 spiro atoms. The summed E-state index contributed by atoms with van der Waals surface area (Å²) in [6.07, 6.45) is 0. The van der Waals surface area contributed by atoms with Gasteiger partial charge in [-0.1, -0.05) is 151 Å². The molecule has 0 heterocycles. The fraction of sp³-hybridized carbons (Fsp3) is 0. The van der Waals surface area contributed by atoms with Gasteiger partial charge in [0.2, 0.25) is 0 Å². The Morgan fingerprint density at radius 1 is 0.350 bits per heavy atom. The Morgan fingerprint density at radius 3 is 1.57 bits per heavy atom. The molecule has 0 aliphatic heterocycles. The van der Waals surface area contributed by atoms with E-state index in [1.54, 1.807) is 48.5 Å². The van der Waals surface area contributed by atoms with Gasteiger partial charge in [-0.05, 0) is 82.5 Å². The summed E-state index contributed by atoms with van der Waals surface area (Å²) in [5.41, 5.74) is 0.869. The maximum atomic E-state index is 9.36.